The predicted octanol–water partition coefficient (Wildman–Crippen LogP) is 2.80. The van der Waals surface area contributed by atoms with Crippen LogP contribution in [0, 0.1) is 10.1 Å². The maximum Gasteiger partial charge on any atom is 0.311 e. The van der Waals surface area contributed by atoms with E-state index in [2.05, 4.69) is 4.98 Å². The minimum absolute atomic E-state index is 0.108. The molecule has 1 heterocycles. The van der Waals surface area contributed by atoms with E-state index < -0.39 is 4.92 Å². The predicted molar refractivity (Wildman–Crippen MR) is 70.0 cm³/mol. The summed E-state index contributed by atoms with van der Waals surface area (Å²) < 4.78 is 5.53. The zero-order valence-corrected chi connectivity index (χ0v) is 10.3. The number of para-hydroxylation sites is 2. The van der Waals surface area contributed by atoms with Crippen molar-refractivity contribution in [2.75, 3.05) is 0 Å². The van der Waals surface area contributed by atoms with E-state index in [9.17, 15) is 10.1 Å². The summed E-state index contributed by atoms with van der Waals surface area (Å²) >= 11 is 0. The van der Waals surface area contributed by atoms with Crippen LogP contribution < -0.4 is 10.5 Å². The third kappa shape index (κ3) is 2.86. The molecule has 0 bridgehead atoms. The lowest BCUT2D eigenvalue weighted by molar-refractivity contribution is -0.385. The standard InChI is InChI=1S/C13H13N3O3/c1-9(14)10-5-4-8-15-13(10)19-12-7-3-2-6-11(12)16(17)18/h2-9H,14H2,1H3/t9-/m1/s1. The van der Waals surface area contributed by atoms with Gasteiger partial charge in [-0.05, 0) is 19.1 Å². The molecule has 0 spiro atoms. The number of nitro groups is 1. The monoisotopic (exact) mass is 259 g/mol. The second-order valence-corrected chi connectivity index (χ2v) is 4.01. The number of benzene rings is 1. The summed E-state index contributed by atoms with van der Waals surface area (Å²) in [6.07, 6.45) is 1.55. The van der Waals surface area contributed by atoms with Gasteiger partial charge in [0.2, 0.25) is 11.6 Å². The van der Waals surface area contributed by atoms with Crippen molar-refractivity contribution in [3.8, 4) is 11.6 Å². The molecule has 0 amide bonds. The number of pyridine rings is 1. The summed E-state index contributed by atoms with van der Waals surface area (Å²) in [5.41, 5.74) is 6.40. The Morgan fingerprint density at radius 3 is 2.74 bits per heavy atom. The summed E-state index contributed by atoms with van der Waals surface area (Å²) in [7, 11) is 0. The lowest BCUT2D eigenvalue weighted by Gasteiger charge is -2.11. The molecule has 0 unspecified atom stereocenters. The number of hydrogen-bond acceptors (Lipinski definition) is 5. The number of ether oxygens (including phenoxy) is 1. The van der Waals surface area contributed by atoms with Gasteiger partial charge in [-0.25, -0.2) is 4.98 Å². The molecular weight excluding hydrogens is 246 g/mol. The normalized spacial score (nSPS) is 11.9. The number of nitrogens with zero attached hydrogens (tertiary/aromatic N) is 2. The highest BCUT2D eigenvalue weighted by molar-refractivity contribution is 5.48. The Balaban J connectivity index is 2.39. The van der Waals surface area contributed by atoms with Gasteiger partial charge in [0, 0.05) is 23.9 Å². The number of aromatic nitrogens is 1. The van der Waals surface area contributed by atoms with Gasteiger partial charge in [-0.15, -0.1) is 0 Å². The highest BCUT2D eigenvalue weighted by Crippen LogP contribution is 2.32. The Morgan fingerprint density at radius 1 is 1.32 bits per heavy atom. The lowest BCUT2D eigenvalue weighted by Crippen LogP contribution is -2.07. The molecule has 1 aromatic carbocycles. The van der Waals surface area contributed by atoms with Crippen LogP contribution in [0.2, 0.25) is 0 Å². The summed E-state index contributed by atoms with van der Waals surface area (Å²) in [4.78, 5) is 14.5. The van der Waals surface area contributed by atoms with Gasteiger partial charge in [0.25, 0.3) is 0 Å². The lowest BCUT2D eigenvalue weighted by atomic mass is 10.1. The Labute approximate surface area is 110 Å². The number of rotatable bonds is 4. The van der Waals surface area contributed by atoms with Crippen molar-refractivity contribution in [3.05, 3.63) is 58.3 Å². The topological polar surface area (TPSA) is 91.3 Å². The third-order valence-electron chi connectivity index (χ3n) is 2.56. The molecule has 1 atom stereocenters. The first-order valence-corrected chi connectivity index (χ1v) is 5.71. The van der Waals surface area contributed by atoms with Crippen LogP contribution >= 0.6 is 0 Å². The molecule has 1 aromatic heterocycles. The van der Waals surface area contributed by atoms with E-state index in [0.717, 1.165) is 0 Å². The molecule has 0 aliphatic rings. The third-order valence-corrected chi connectivity index (χ3v) is 2.56. The molecule has 0 aliphatic carbocycles. The number of hydrogen-bond donors (Lipinski definition) is 1. The summed E-state index contributed by atoms with van der Waals surface area (Å²) in [5.74, 6) is 0.430. The second kappa shape index (κ2) is 5.45. The molecule has 0 saturated carbocycles. The summed E-state index contributed by atoms with van der Waals surface area (Å²) in [6.45, 7) is 1.79. The van der Waals surface area contributed by atoms with E-state index in [0.29, 0.717) is 5.56 Å². The fraction of sp³-hybridized carbons (Fsp3) is 0.154. The van der Waals surface area contributed by atoms with Gasteiger partial charge in [-0.1, -0.05) is 18.2 Å². The van der Waals surface area contributed by atoms with E-state index >= 15 is 0 Å². The minimum Gasteiger partial charge on any atom is -0.431 e. The zero-order chi connectivity index (χ0) is 13.8. The molecule has 6 nitrogen and oxygen atoms in total. The summed E-state index contributed by atoms with van der Waals surface area (Å²) in [5, 5.41) is 10.9. The van der Waals surface area contributed by atoms with Crippen molar-refractivity contribution < 1.29 is 9.66 Å². The van der Waals surface area contributed by atoms with Gasteiger partial charge in [0.05, 0.1) is 4.92 Å². The molecule has 19 heavy (non-hydrogen) atoms. The van der Waals surface area contributed by atoms with Crippen molar-refractivity contribution in [3.63, 3.8) is 0 Å². The Bertz CT molecular complexity index is 599. The molecule has 2 aromatic rings. The molecule has 0 fully saturated rings. The fourth-order valence-electron chi connectivity index (χ4n) is 1.63. The minimum atomic E-state index is -0.496. The molecule has 0 saturated heterocycles. The van der Waals surface area contributed by atoms with Crippen LogP contribution in [0.25, 0.3) is 0 Å². The highest BCUT2D eigenvalue weighted by atomic mass is 16.6. The molecule has 0 aliphatic heterocycles. The Hall–Kier alpha value is -2.47. The fourth-order valence-corrected chi connectivity index (χ4v) is 1.63. The Morgan fingerprint density at radius 2 is 2.05 bits per heavy atom. The van der Waals surface area contributed by atoms with Crippen LogP contribution in [0.1, 0.15) is 18.5 Å². The van der Waals surface area contributed by atoms with Crippen molar-refractivity contribution in [2.45, 2.75) is 13.0 Å². The quantitative estimate of drug-likeness (QED) is 0.673. The SMILES string of the molecule is C[C@@H](N)c1cccnc1Oc1ccccc1[N+](=O)[O-]. The van der Waals surface area contributed by atoms with Crippen molar-refractivity contribution in [2.24, 2.45) is 5.73 Å². The summed E-state index contributed by atoms with van der Waals surface area (Å²) in [6, 6.07) is 9.40. The van der Waals surface area contributed by atoms with Crippen LogP contribution in [-0.2, 0) is 0 Å². The van der Waals surface area contributed by atoms with Crippen LogP contribution in [0.3, 0.4) is 0 Å². The van der Waals surface area contributed by atoms with Crippen LogP contribution in [-0.4, -0.2) is 9.91 Å². The molecular formula is C13H13N3O3. The van der Waals surface area contributed by atoms with E-state index in [4.69, 9.17) is 10.5 Å². The molecule has 98 valence electrons. The largest absolute Gasteiger partial charge is 0.431 e. The molecule has 6 heteroatoms. The number of nitrogens with two attached hydrogens (primary N) is 1. The van der Waals surface area contributed by atoms with Gasteiger partial charge in [0.15, 0.2) is 0 Å². The average molecular weight is 259 g/mol. The second-order valence-electron chi connectivity index (χ2n) is 4.01. The zero-order valence-electron chi connectivity index (χ0n) is 10.3. The number of nitro benzene ring substituents is 1. The Kier molecular flexibility index (Phi) is 3.72. The first kappa shape index (κ1) is 13.0. The van der Waals surface area contributed by atoms with Gasteiger partial charge < -0.3 is 10.5 Å². The van der Waals surface area contributed by atoms with Gasteiger partial charge >= 0.3 is 5.69 Å². The van der Waals surface area contributed by atoms with Crippen molar-refractivity contribution in [1.82, 2.24) is 4.98 Å². The maximum atomic E-state index is 10.9. The van der Waals surface area contributed by atoms with E-state index in [1.54, 1.807) is 37.4 Å². The van der Waals surface area contributed by atoms with Gasteiger partial charge in [-0.2, -0.15) is 0 Å². The van der Waals surface area contributed by atoms with Crippen LogP contribution in [0.15, 0.2) is 42.6 Å². The highest BCUT2D eigenvalue weighted by Gasteiger charge is 2.17. The smallest absolute Gasteiger partial charge is 0.311 e. The van der Waals surface area contributed by atoms with Gasteiger partial charge in [-0.3, -0.25) is 10.1 Å². The van der Waals surface area contributed by atoms with Crippen molar-refractivity contribution in [1.29, 1.82) is 0 Å². The van der Waals surface area contributed by atoms with Gasteiger partial charge in [0.1, 0.15) is 0 Å². The first-order valence-electron chi connectivity index (χ1n) is 5.71. The first-order chi connectivity index (χ1) is 9.09. The van der Waals surface area contributed by atoms with Crippen molar-refractivity contribution >= 4 is 5.69 Å². The van der Waals surface area contributed by atoms with E-state index in [1.807, 2.05) is 0 Å². The van der Waals surface area contributed by atoms with E-state index in [1.165, 1.54) is 12.1 Å². The molecule has 2 rings (SSSR count). The average Bonchev–Trinajstić information content (AvgIpc) is 2.39. The van der Waals surface area contributed by atoms with E-state index in [-0.39, 0.29) is 23.4 Å². The maximum absolute atomic E-state index is 10.9. The molecule has 0 radical (unpaired) electrons. The molecule has 2 N–H and O–H groups in total. The van der Waals surface area contributed by atoms with Crippen LogP contribution in [0.5, 0.6) is 11.6 Å². The van der Waals surface area contributed by atoms with Crippen LogP contribution in [0.4, 0.5) is 5.69 Å².